The van der Waals surface area contributed by atoms with Gasteiger partial charge in [-0.05, 0) is 50.9 Å². The fourth-order valence-electron chi connectivity index (χ4n) is 3.32. The van der Waals surface area contributed by atoms with Gasteiger partial charge in [0, 0.05) is 31.7 Å². The van der Waals surface area contributed by atoms with Gasteiger partial charge in [0.1, 0.15) is 0 Å². The molecular formula is C14H26N2O2. The molecule has 0 aromatic rings. The monoisotopic (exact) mass is 254 g/mol. The number of fused-ring (bicyclic) bond motifs is 2. The Morgan fingerprint density at radius 3 is 2.56 bits per heavy atom. The van der Waals surface area contributed by atoms with Crippen LogP contribution in [0.15, 0.2) is 0 Å². The lowest BCUT2D eigenvalue weighted by molar-refractivity contribution is -0.122. The molecule has 2 aliphatic rings. The van der Waals surface area contributed by atoms with Gasteiger partial charge in [-0.25, -0.2) is 0 Å². The van der Waals surface area contributed by atoms with Crippen LogP contribution in [-0.2, 0) is 4.79 Å². The molecular weight excluding hydrogens is 228 g/mol. The number of nitrogens with one attached hydrogen (secondary N) is 2. The SMILES string of the molecule is O=C(CC1CC2CCC(C1)N2)NCCCCCO. The van der Waals surface area contributed by atoms with E-state index in [2.05, 4.69) is 10.6 Å². The van der Waals surface area contributed by atoms with Crippen LogP contribution in [0.3, 0.4) is 0 Å². The van der Waals surface area contributed by atoms with E-state index in [-0.39, 0.29) is 12.5 Å². The molecule has 0 radical (unpaired) electrons. The lowest BCUT2D eigenvalue weighted by Gasteiger charge is -2.28. The van der Waals surface area contributed by atoms with E-state index in [0.29, 0.717) is 24.4 Å². The molecule has 0 aromatic heterocycles. The molecule has 2 fully saturated rings. The van der Waals surface area contributed by atoms with Crippen molar-refractivity contribution in [2.45, 2.75) is 63.5 Å². The first-order chi connectivity index (χ1) is 8.78. The number of aliphatic hydroxyl groups excluding tert-OH is 1. The minimum atomic E-state index is 0.213. The van der Waals surface area contributed by atoms with E-state index in [4.69, 9.17) is 5.11 Å². The van der Waals surface area contributed by atoms with Gasteiger partial charge in [0.15, 0.2) is 0 Å². The molecule has 0 aliphatic carbocycles. The summed E-state index contributed by atoms with van der Waals surface area (Å²) < 4.78 is 0. The predicted molar refractivity (Wildman–Crippen MR) is 71.2 cm³/mol. The van der Waals surface area contributed by atoms with Crippen molar-refractivity contribution in [3.63, 3.8) is 0 Å². The first-order valence-corrected chi connectivity index (χ1v) is 7.41. The molecule has 4 nitrogen and oxygen atoms in total. The highest BCUT2D eigenvalue weighted by Crippen LogP contribution is 2.32. The maximum Gasteiger partial charge on any atom is 0.220 e. The summed E-state index contributed by atoms with van der Waals surface area (Å²) in [5.74, 6) is 0.798. The summed E-state index contributed by atoms with van der Waals surface area (Å²) in [6.45, 7) is 1.02. The van der Waals surface area contributed by atoms with Crippen molar-refractivity contribution in [3.8, 4) is 0 Å². The zero-order valence-electron chi connectivity index (χ0n) is 11.2. The van der Waals surface area contributed by atoms with E-state index in [1.54, 1.807) is 0 Å². The third kappa shape index (κ3) is 4.25. The van der Waals surface area contributed by atoms with E-state index in [9.17, 15) is 4.79 Å². The molecule has 0 aromatic carbocycles. The Kier molecular flexibility index (Phi) is 5.45. The van der Waals surface area contributed by atoms with Gasteiger partial charge in [-0.1, -0.05) is 0 Å². The van der Waals surface area contributed by atoms with Gasteiger partial charge in [-0.15, -0.1) is 0 Å². The minimum Gasteiger partial charge on any atom is -0.396 e. The molecule has 2 bridgehead atoms. The molecule has 3 N–H and O–H groups in total. The van der Waals surface area contributed by atoms with E-state index in [1.807, 2.05) is 0 Å². The van der Waals surface area contributed by atoms with Crippen LogP contribution in [0, 0.1) is 5.92 Å². The summed E-state index contributed by atoms with van der Waals surface area (Å²) in [5.41, 5.74) is 0. The second-order valence-electron chi connectivity index (χ2n) is 5.81. The summed E-state index contributed by atoms with van der Waals surface area (Å²) in [6.07, 6.45) is 8.46. The summed E-state index contributed by atoms with van der Waals surface area (Å²) in [6, 6.07) is 1.34. The first kappa shape index (κ1) is 13.8. The molecule has 2 rings (SSSR count). The largest absolute Gasteiger partial charge is 0.396 e. The fourth-order valence-corrected chi connectivity index (χ4v) is 3.32. The average molecular weight is 254 g/mol. The summed E-state index contributed by atoms with van der Waals surface area (Å²) in [7, 11) is 0. The molecule has 4 heteroatoms. The third-order valence-electron chi connectivity index (χ3n) is 4.20. The van der Waals surface area contributed by atoms with Crippen molar-refractivity contribution < 1.29 is 9.90 Å². The van der Waals surface area contributed by atoms with Crippen molar-refractivity contribution in [1.82, 2.24) is 10.6 Å². The molecule has 0 saturated carbocycles. The second kappa shape index (κ2) is 7.10. The number of carbonyl (C=O) groups is 1. The van der Waals surface area contributed by atoms with Gasteiger partial charge in [-0.2, -0.15) is 0 Å². The van der Waals surface area contributed by atoms with Gasteiger partial charge in [0.25, 0.3) is 0 Å². The molecule has 2 heterocycles. The van der Waals surface area contributed by atoms with Crippen molar-refractivity contribution in [1.29, 1.82) is 0 Å². The Morgan fingerprint density at radius 2 is 1.89 bits per heavy atom. The Labute approximate surface area is 110 Å². The van der Waals surface area contributed by atoms with Gasteiger partial charge in [-0.3, -0.25) is 4.79 Å². The molecule has 2 aliphatic heterocycles. The van der Waals surface area contributed by atoms with Crippen molar-refractivity contribution in [2.75, 3.05) is 13.2 Å². The van der Waals surface area contributed by atoms with Gasteiger partial charge in [0.2, 0.25) is 5.91 Å². The Morgan fingerprint density at radius 1 is 1.17 bits per heavy atom. The standard InChI is InChI=1S/C14H26N2O2/c17-7-3-1-2-6-15-14(18)10-11-8-12-4-5-13(9-11)16-12/h11-13,16-17H,1-10H2,(H,15,18). The topological polar surface area (TPSA) is 61.4 Å². The lowest BCUT2D eigenvalue weighted by Crippen LogP contribution is -2.39. The summed E-state index contributed by atoms with van der Waals surface area (Å²) >= 11 is 0. The van der Waals surface area contributed by atoms with Crippen LogP contribution in [0.25, 0.3) is 0 Å². The van der Waals surface area contributed by atoms with Gasteiger partial charge < -0.3 is 15.7 Å². The molecule has 0 spiro atoms. The van der Waals surface area contributed by atoms with Crippen LogP contribution >= 0.6 is 0 Å². The van der Waals surface area contributed by atoms with E-state index < -0.39 is 0 Å². The minimum absolute atomic E-state index is 0.213. The number of carbonyl (C=O) groups excluding carboxylic acids is 1. The highest BCUT2D eigenvalue weighted by Gasteiger charge is 2.33. The van der Waals surface area contributed by atoms with Crippen molar-refractivity contribution >= 4 is 5.91 Å². The highest BCUT2D eigenvalue weighted by molar-refractivity contribution is 5.76. The van der Waals surface area contributed by atoms with E-state index in [0.717, 1.165) is 25.8 Å². The van der Waals surface area contributed by atoms with E-state index in [1.165, 1.54) is 25.7 Å². The molecule has 1 amide bonds. The number of hydrogen-bond donors (Lipinski definition) is 3. The maximum absolute atomic E-state index is 11.8. The highest BCUT2D eigenvalue weighted by atomic mass is 16.2. The summed E-state index contributed by atoms with van der Waals surface area (Å²) in [4.78, 5) is 11.8. The van der Waals surface area contributed by atoms with E-state index >= 15 is 0 Å². The molecule has 18 heavy (non-hydrogen) atoms. The van der Waals surface area contributed by atoms with Crippen LogP contribution in [0.4, 0.5) is 0 Å². The Balaban J connectivity index is 1.57. The molecule has 2 saturated heterocycles. The fraction of sp³-hybridized carbons (Fsp3) is 0.929. The Bertz CT molecular complexity index is 259. The quantitative estimate of drug-likeness (QED) is 0.598. The van der Waals surface area contributed by atoms with Crippen LogP contribution in [0.1, 0.15) is 51.4 Å². The zero-order valence-corrected chi connectivity index (χ0v) is 11.2. The first-order valence-electron chi connectivity index (χ1n) is 7.41. The third-order valence-corrected chi connectivity index (χ3v) is 4.20. The smallest absolute Gasteiger partial charge is 0.220 e. The van der Waals surface area contributed by atoms with Crippen LogP contribution < -0.4 is 10.6 Å². The van der Waals surface area contributed by atoms with Crippen LogP contribution in [0.2, 0.25) is 0 Å². The van der Waals surface area contributed by atoms with Crippen molar-refractivity contribution in [2.24, 2.45) is 5.92 Å². The second-order valence-corrected chi connectivity index (χ2v) is 5.81. The molecule has 104 valence electrons. The van der Waals surface area contributed by atoms with Crippen molar-refractivity contribution in [3.05, 3.63) is 0 Å². The number of piperidine rings is 1. The number of amides is 1. The predicted octanol–water partition coefficient (Wildman–Crippen LogP) is 1.19. The number of rotatable bonds is 7. The van der Waals surface area contributed by atoms with Gasteiger partial charge >= 0.3 is 0 Å². The normalized spacial score (nSPS) is 30.4. The molecule has 2 unspecified atom stereocenters. The Hall–Kier alpha value is -0.610. The number of unbranched alkanes of at least 4 members (excludes halogenated alkanes) is 2. The number of aliphatic hydroxyl groups is 1. The lowest BCUT2D eigenvalue weighted by atomic mass is 9.89. The van der Waals surface area contributed by atoms with Gasteiger partial charge in [0.05, 0.1) is 0 Å². The zero-order chi connectivity index (χ0) is 12.8. The average Bonchev–Trinajstić information content (AvgIpc) is 2.68. The van der Waals surface area contributed by atoms with Crippen LogP contribution in [-0.4, -0.2) is 36.2 Å². The van der Waals surface area contributed by atoms with Crippen LogP contribution in [0.5, 0.6) is 0 Å². The summed E-state index contributed by atoms with van der Waals surface area (Å²) in [5, 5.41) is 15.3. The number of hydrogen-bond acceptors (Lipinski definition) is 3. The molecule has 2 atom stereocenters. The maximum atomic E-state index is 11.8.